The first-order chi connectivity index (χ1) is 22.8. The second kappa shape index (κ2) is 7.87. The number of hydrogen-bond donors (Lipinski definition) is 0. The second-order valence-electron chi connectivity index (χ2n) is 12.6. The van der Waals surface area contributed by atoms with Gasteiger partial charge in [0.25, 0.3) is 0 Å². The maximum atomic E-state index is 5.45. The number of para-hydroxylation sites is 2. The Morgan fingerprint density at radius 1 is 0.413 bits per heavy atom. The van der Waals surface area contributed by atoms with Gasteiger partial charge in [-0.15, -0.1) is 0 Å². The average molecular weight is 583 g/mol. The first-order valence-corrected chi connectivity index (χ1v) is 15.8. The van der Waals surface area contributed by atoms with Gasteiger partial charge in [-0.2, -0.15) is 0 Å². The first-order valence-electron chi connectivity index (χ1n) is 15.8. The maximum Gasteiger partial charge on any atom is 0.235 e. The van der Waals surface area contributed by atoms with Gasteiger partial charge < -0.3 is 4.40 Å². The number of nitrogens with zero attached hydrogens (tertiary/aromatic N) is 4. The molecule has 0 atom stereocenters. The Balaban J connectivity index is 1.36. The molecule has 0 saturated heterocycles. The van der Waals surface area contributed by atoms with Crippen molar-refractivity contribution in [3.05, 3.63) is 133 Å². The Bertz CT molecular complexity index is 3140. The minimum Gasteiger partial charge on any atom is -0.308 e. The Hall–Kier alpha value is -6.26. The monoisotopic (exact) mass is 582 g/mol. The Labute approximate surface area is 261 Å². The summed E-state index contributed by atoms with van der Waals surface area (Å²) in [5.41, 5.74) is 11.6. The van der Waals surface area contributed by atoms with E-state index in [-0.39, 0.29) is 0 Å². The van der Waals surface area contributed by atoms with Crippen molar-refractivity contribution < 1.29 is 0 Å². The molecule has 0 unspecified atom stereocenters. The fourth-order valence-corrected chi connectivity index (χ4v) is 8.51. The van der Waals surface area contributed by atoms with Crippen LogP contribution in [0.15, 0.2) is 133 Å². The summed E-state index contributed by atoms with van der Waals surface area (Å²) in [5.74, 6) is 0.703. The number of fused-ring (bicyclic) bond motifs is 14. The van der Waals surface area contributed by atoms with E-state index >= 15 is 0 Å². The molecule has 0 spiro atoms. The molecule has 0 bridgehead atoms. The van der Waals surface area contributed by atoms with Crippen LogP contribution in [0.2, 0.25) is 0 Å². The molecule has 46 heavy (non-hydrogen) atoms. The van der Waals surface area contributed by atoms with Gasteiger partial charge in [0.05, 0.1) is 38.8 Å². The molecule has 0 radical (unpaired) electrons. The van der Waals surface area contributed by atoms with Crippen LogP contribution in [-0.4, -0.2) is 18.9 Å². The van der Waals surface area contributed by atoms with Gasteiger partial charge in [0.2, 0.25) is 5.95 Å². The molecule has 7 aromatic carbocycles. The highest BCUT2D eigenvalue weighted by molar-refractivity contribution is 6.34. The molecule has 210 valence electrons. The van der Waals surface area contributed by atoms with E-state index in [4.69, 9.17) is 9.97 Å². The number of benzene rings is 7. The molecule has 12 rings (SSSR count). The number of hydrogen-bond acceptors (Lipinski definition) is 2. The van der Waals surface area contributed by atoms with Gasteiger partial charge >= 0.3 is 0 Å². The van der Waals surface area contributed by atoms with Gasteiger partial charge in [-0.3, -0.25) is 4.57 Å². The number of rotatable bonds is 1. The minimum absolute atomic E-state index is 0.703. The molecular formula is C42H22N4. The summed E-state index contributed by atoms with van der Waals surface area (Å²) in [6, 6.07) is 48.4. The van der Waals surface area contributed by atoms with Gasteiger partial charge in [0, 0.05) is 43.3 Å². The summed E-state index contributed by atoms with van der Waals surface area (Å²) in [5, 5.41) is 11.0. The van der Waals surface area contributed by atoms with Crippen LogP contribution in [0.3, 0.4) is 0 Å². The molecule has 0 fully saturated rings. The molecule has 4 nitrogen and oxygen atoms in total. The van der Waals surface area contributed by atoms with Gasteiger partial charge in [-0.05, 0) is 58.3 Å². The minimum atomic E-state index is 0.703. The van der Waals surface area contributed by atoms with Crippen molar-refractivity contribution in [2.45, 2.75) is 0 Å². The van der Waals surface area contributed by atoms with Crippen LogP contribution in [0, 0.1) is 0 Å². The third-order valence-corrected chi connectivity index (χ3v) is 10.3. The van der Waals surface area contributed by atoms with E-state index in [1.165, 1.54) is 76.3 Å². The zero-order valence-electron chi connectivity index (χ0n) is 24.5. The lowest BCUT2D eigenvalue weighted by atomic mass is 10.0. The van der Waals surface area contributed by atoms with Gasteiger partial charge in [-0.25, -0.2) is 9.97 Å². The number of aromatic nitrogens is 4. The summed E-state index contributed by atoms with van der Waals surface area (Å²) in [7, 11) is 0. The predicted octanol–water partition coefficient (Wildman–Crippen LogP) is 10.7. The van der Waals surface area contributed by atoms with Crippen LogP contribution < -0.4 is 0 Å². The SMILES string of the molecule is c1ccc2c(c1)-c1cccc3nc(-n4c5cc6ccccc6cc5c5cc6c7ccccc7n7c8ccccc8c(c54)c67)nc-2c13. The van der Waals surface area contributed by atoms with E-state index in [2.05, 4.69) is 142 Å². The molecule has 0 saturated carbocycles. The highest BCUT2D eigenvalue weighted by atomic mass is 15.2. The predicted molar refractivity (Wildman–Crippen MR) is 190 cm³/mol. The Kier molecular flexibility index (Phi) is 3.96. The van der Waals surface area contributed by atoms with E-state index in [0.29, 0.717) is 5.95 Å². The maximum absolute atomic E-state index is 5.45. The molecule has 1 aliphatic carbocycles. The molecule has 1 aliphatic rings. The van der Waals surface area contributed by atoms with Crippen molar-refractivity contribution in [2.24, 2.45) is 0 Å². The molecule has 0 N–H and O–H groups in total. The van der Waals surface area contributed by atoms with E-state index < -0.39 is 0 Å². The van der Waals surface area contributed by atoms with E-state index in [9.17, 15) is 0 Å². The van der Waals surface area contributed by atoms with Crippen LogP contribution in [0.25, 0.3) is 110 Å². The van der Waals surface area contributed by atoms with Crippen LogP contribution in [0.5, 0.6) is 0 Å². The summed E-state index contributed by atoms with van der Waals surface area (Å²) in [6.07, 6.45) is 0. The van der Waals surface area contributed by atoms with Crippen molar-refractivity contribution in [2.75, 3.05) is 0 Å². The zero-order valence-corrected chi connectivity index (χ0v) is 24.5. The summed E-state index contributed by atoms with van der Waals surface area (Å²) in [6.45, 7) is 0. The molecular weight excluding hydrogens is 560 g/mol. The van der Waals surface area contributed by atoms with Gasteiger partial charge in [0.15, 0.2) is 0 Å². The van der Waals surface area contributed by atoms with Crippen molar-refractivity contribution >= 4 is 81.6 Å². The lowest BCUT2D eigenvalue weighted by Gasteiger charge is -2.11. The van der Waals surface area contributed by atoms with Crippen LogP contribution in [-0.2, 0) is 0 Å². The topological polar surface area (TPSA) is 35.1 Å². The normalized spacial score (nSPS) is 12.8. The molecule has 4 aromatic heterocycles. The largest absolute Gasteiger partial charge is 0.308 e. The quantitative estimate of drug-likeness (QED) is 0.193. The van der Waals surface area contributed by atoms with Crippen molar-refractivity contribution in [1.29, 1.82) is 0 Å². The van der Waals surface area contributed by atoms with Gasteiger partial charge in [0.1, 0.15) is 0 Å². The lowest BCUT2D eigenvalue weighted by Crippen LogP contribution is -2.03. The summed E-state index contributed by atoms with van der Waals surface area (Å²) < 4.78 is 4.80. The Morgan fingerprint density at radius 3 is 1.96 bits per heavy atom. The molecule has 0 amide bonds. The van der Waals surface area contributed by atoms with Crippen LogP contribution in [0.4, 0.5) is 0 Å². The second-order valence-corrected chi connectivity index (χ2v) is 12.6. The van der Waals surface area contributed by atoms with E-state index in [1.54, 1.807) is 0 Å². The third-order valence-electron chi connectivity index (χ3n) is 10.3. The smallest absolute Gasteiger partial charge is 0.235 e. The fraction of sp³-hybridized carbons (Fsp3) is 0. The average Bonchev–Trinajstić information content (AvgIpc) is 3.82. The zero-order chi connectivity index (χ0) is 29.7. The van der Waals surface area contributed by atoms with Crippen molar-refractivity contribution in [1.82, 2.24) is 18.9 Å². The standard InChI is InChI=1S/C42H22N4/c1-2-11-24-21-36-30(20-23(24)10-1)32-22-31-26-13-5-7-18-34(26)45-35-19-8-6-15-29(35)38(40(31)45)41(32)46(36)42-43-33-17-9-16-27-25-12-3-4-14-28(25)39(44-42)37(27)33/h1-22H. The molecule has 4 heterocycles. The highest BCUT2D eigenvalue weighted by Crippen LogP contribution is 2.49. The van der Waals surface area contributed by atoms with Crippen LogP contribution in [0.1, 0.15) is 0 Å². The Morgan fingerprint density at radius 2 is 1.09 bits per heavy atom. The molecule has 4 heteroatoms. The fourth-order valence-electron chi connectivity index (χ4n) is 8.51. The highest BCUT2D eigenvalue weighted by Gasteiger charge is 2.28. The lowest BCUT2D eigenvalue weighted by molar-refractivity contribution is 1.02. The van der Waals surface area contributed by atoms with Gasteiger partial charge in [-0.1, -0.05) is 97.1 Å². The van der Waals surface area contributed by atoms with Crippen molar-refractivity contribution in [3.63, 3.8) is 0 Å². The first kappa shape index (κ1) is 23.2. The van der Waals surface area contributed by atoms with Crippen molar-refractivity contribution in [3.8, 4) is 28.3 Å². The van der Waals surface area contributed by atoms with E-state index in [1.807, 2.05) is 0 Å². The van der Waals surface area contributed by atoms with Crippen LogP contribution >= 0.6 is 0 Å². The molecule has 0 aliphatic heterocycles. The molecule has 11 aromatic rings. The summed E-state index contributed by atoms with van der Waals surface area (Å²) >= 11 is 0. The summed E-state index contributed by atoms with van der Waals surface area (Å²) in [4.78, 5) is 10.8. The van der Waals surface area contributed by atoms with E-state index in [0.717, 1.165) is 27.6 Å². The third kappa shape index (κ3) is 2.61.